The molecule has 86 valence electrons. The maximum absolute atomic E-state index is 11.4. The lowest BCUT2D eigenvalue weighted by atomic mass is 9.88. The molecule has 3 atom stereocenters. The summed E-state index contributed by atoms with van der Waals surface area (Å²) < 4.78 is 0. The van der Waals surface area contributed by atoms with Gasteiger partial charge in [-0.1, -0.05) is 13.8 Å². The minimum absolute atomic E-state index is 0.492. The van der Waals surface area contributed by atoms with Crippen molar-refractivity contribution in [2.45, 2.75) is 39.5 Å². The van der Waals surface area contributed by atoms with Crippen LogP contribution in [0.25, 0.3) is 0 Å². The molecule has 0 N–H and O–H groups in total. The van der Waals surface area contributed by atoms with Gasteiger partial charge in [-0.15, -0.1) is 0 Å². The van der Waals surface area contributed by atoms with Gasteiger partial charge in [0.2, 0.25) is 0 Å². The van der Waals surface area contributed by atoms with Gasteiger partial charge in [0.15, 0.2) is 0 Å². The average Bonchev–Trinajstić information content (AvgIpc) is 2.45. The van der Waals surface area contributed by atoms with Crippen molar-refractivity contribution in [3.8, 4) is 0 Å². The second kappa shape index (κ2) is 4.65. The molecule has 2 nitrogen and oxygen atoms in total. The lowest BCUT2D eigenvalue weighted by molar-refractivity contribution is -0.121. The first-order valence-corrected chi connectivity index (χ1v) is 6.39. The van der Waals surface area contributed by atoms with E-state index < -0.39 is 0 Å². The summed E-state index contributed by atoms with van der Waals surface area (Å²) in [5.74, 6) is 2.82. The molecule has 1 heterocycles. The highest BCUT2D eigenvalue weighted by Crippen LogP contribution is 2.27. The minimum atomic E-state index is 0.492. The standard InChI is InChI=1S/C13H23NO/c1-10-7-14(8-11(10)2)9-12-4-3-5-13(15)6-12/h10-12H,3-9H2,1-2H3. The van der Waals surface area contributed by atoms with Crippen molar-refractivity contribution in [1.29, 1.82) is 0 Å². The Labute approximate surface area is 93.0 Å². The van der Waals surface area contributed by atoms with E-state index in [0.29, 0.717) is 11.7 Å². The number of rotatable bonds is 2. The highest BCUT2D eigenvalue weighted by Gasteiger charge is 2.29. The Morgan fingerprint density at radius 1 is 1.27 bits per heavy atom. The van der Waals surface area contributed by atoms with Gasteiger partial charge in [0.05, 0.1) is 0 Å². The molecule has 1 aliphatic carbocycles. The fourth-order valence-corrected chi connectivity index (χ4v) is 3.03. The van der Waals surface area contributed by atoms with Gasteiger partial charge in [-0.2, -0.15) is 0 Å². The molecule has 2 rings (SSSR count). The van der Waals surface area contributed by atoms with Crippen LogP contribution in [-0.2, 0) is 4.79 Å². The summed E-state index contributed by atoms with van der Waals surface area (Å²) >= 11 is 0. The van der Waals surface area contributed by atoms with Crippen LogP contribution in [0.2, 0.25) is 0 Å². The van der Waals surface area contributed by atoms with Crippen LogP contribution in [0.3, 0.4) is 0 Å². The monoisotopic (exact) mass is 209 g/mol. The number of hydrogen-bond acceptors (Lipinski definition) is 2. The van der Waals surface area contributed by atoms with Crippen LogP contribution in [0, 0.1) is 17.8 Å². The molecule has 0 bridgehead atoms. The van der Waals surface area contributed by atoms with Crippen molar-refractivity contribution in [2.24, 2.45) is 17.8 Å². The Morgan fingerprint density at radius 3 is 2.53 bits per heavy atom. The third kappa shape index (κ3) is 2.81. The van der Waals surface area contributed by atoms with E-state index >= 15 is 0 Å². The lowest BCUT2D eigenvalue weighted by Gasteiger charge is -2.26. The molecule has 0 aromatic carbocycles. The molecule has 2 heteroatoms. The number of likely N-dealkylation sites (tertiary alicyclic amines) is 1. The van der Waals surface area contributed by atoms with Gasteiger partial charge in [-0.3, -0.25) is 4.79 Å². The largest absolute Gasteiger partial charge is 0.302 e. The summed E-state index contributed by atoms with van der Waals surface area (Å²) in [6.07, 6.45) is 4.08. The van der Waals surface area contributed by atoms with Gasteiger partial charge in [0.1, 0.15) is 5.78 Å². The number of carbonyl (C=O) groups is 1. The molecule has 0 aromatic rings. The number of Topliss-reactive ketones (excluding diaryl/α,β-unsaturated/α-hetero) is 1. The van der Waals surface area contributed by atoms with E-state index in [4.69, 9.17) is 0 Å². The van der Waals surface area contributed by atoms with E-state index in [1.807, 2.05) is 0 Å². The molecule has 1 saturated carbocycles. The van der Waals surface area contributed by atoms with Gasteiger partial charge in [0, 0.05) is 32.5 Å². The van der Waals surface area contributed by atoms with E-state index in [2.05, 4.69) is 18.7 Å². The van der Waals surface area contributed by atoms with E-state index in [1.165, 1.54) is 26.1 Å². The van der Waals surface area contributed by atoms with Gasteiger partial charge >= 0.3 is 0 Å². The molecule has 0 radical (unpaired) electrons. The zero-order chi connectivity index (χ0) is 10.8. The fourth-order valence-electron chi connectivity index (χ4n) is 3.03. The lowest BCUT2D eigenvalue weighted by Crippen LogP contribution is -2.30. The van der Waals surface area contributed by atoms with Crippen LogP contribution in [0.5, 0.6) is 0 Å². The second-order valence-corrected chi connectivity index (χ2v) is 5.67. The molecule has 15 heavy (non-hydrogen) atoms. The predicted octanol–water partition coefficient (Wildman–Crippen LogP) is 2.33. The number of hydrogen-bond donors (Lipinski definition) is 0. The zero-order valence-electron chi connectivity index (χ0n) is 10.0. The molecule has 1 aliphatic heterocycles. The highest BCUT2D eigenvalue weighted by atomic mass is 16.1. The van der Waals surface area contributed by atoms with Crippen LogP contribution in [-0.4, -0.2) is 30.3 Å². The Kier molecular flexibility index (Phi) is 3.45. The van der Waals surface area contributed by atoms with E-state index in [1.54, 1.807) is 0 Å². The summed E-state index contributed by atoms with van der Waals surface area (Å²) in [5.41, 5.74) is 0. The molecular weight excluding hydrogens is 186 g/mol. The first-order valence-electron chi connectivity index (χ1n) is 6.39. The predicted molar refractivity (Wildman–Crippen MR) is 61.7 cm³/mol. The summed E-state index contributed by atoms with van der Waals surface area (Å²) in [6.45, 7) is 8.34. The highest BCUT2D eigenvalue weighted by molar-refractivity contribution is 5.79. The average molecular weight is 209 g/mol. The van der Waals surface area contributed by atoms with Crippen molar-refractivity contribution in [1.82, 2.24) is 4.90 Å². The van der Waals surface area contributed by atoms with E-state index in [0.717, 1.165) is 31.1 Å². The fraction of sp³-hybridized carbons (Fsp3) is 0.923. The number of nitrogens with zero attached hydrogens (tertiary/aromatic N) is 1. The summed E-state index contributed by atoms with van der Waals surface area (Å²) in [4.78, 5) is 13.9. The number of ketones is 1. The third-order valence-electron chi connectivity index (χ3n) is 4.16. The van der Waals surface area contributed by atoms with Crippen molar-refractivity contribution in [2.75, 3.05) is 19.6 Å². The van der Waals surface area contributed by atoms with Crippen LogP contribution in [0.4, 0.5) is 0 Å². The van der Waals surface area contributed by atoms with Gasteiger partial charge < -0.3 is 4.90 Å². The quantitative estimate of drug-likeness (QED) is 0.695. The topological polar surface area (TPSA) is 20.3 Å². The smallest absolute Gasteiger partial charge is 0.133 e. The van der Waals surface area contributed by atoms with Gasteiger partial charge in [-0.05, 0) is 30.6 Å². The minimum Gasteiger partial charge on any atom is -0.302 e. The molecule has 0 spiro atoms. The molecular formula is C13H23NO. The summed E-state index contributed by atoms with van der Waals surface area (Å²) in [6, 6.07) is 0. The Balaban J connectivity index is 1.79. The van der Waals surface area contributed by atoms with Crippen molar-refractivity contribution in [3.63, 3.8) is 0 Å². The molecule has 3 unspecified atom stereocenters. The van der Waals surface area contributed by atoms with Crippen LogP contribution >= 0.6 is 0 Å². The molecule has 0 amide bonds. The molecule has 0 aromatic heterocycles. The van der Waals surface area contributed by atoms with Crippen LogP contribution < -0.4 is 0 Å². The van der Waals surface area contributed by atoms with Crippen LogP contribution in [0.1, 0.15) is 39.5 Å². The Hall–Kier alpha value is -0.370. The van der Waals surface area contributed by atoms with Crippen molar-refractivity contribution >= 4 is 5.78 Å². The Bertz CT molecular complexity index is 229. The van der Waals surface area contributed by atoms with Crippen molar-refractivity contribution in [3.05, 3.63) is 0 Å². The van der Waals surface area contributed by atoms with E-state index in [-0.39, 0.29) is 0 Å². The second-order valence-electron chi connectivity index (χ2n) is 5.67. The number of carbonyl (C=O) groups excluding carboxylic acids is 1. The zero-order valence-corrected chi connectivity index (χ0v) is 10.0. The van der Waals surface area contributed by atoms with E-state index in [9.17, 15) is 4.79 Å². The third-order valence-corrected chi connectivity index (χ3v) is 4.16. The molecule has 2 aliphatic rings. The normalized spacial score (nSPS) is 38.5. The van der Waals surface area contributed by atoms with Gasteiger partial charge in [0.25, 0.3) is 0 Å². The maximum atomic E-state index is 11.4. The maximum Gasteiger partial charge on any atom is 0.133 e. The van der Waals surface area contributed by atoms with Crippen molar-refractivity contribution < 1.29 is 4.79 Å². The first-order chi connectivity index (χ1) is 7.15. The molecule has 2 fully saturated rings. The summed E-state index contributed by atoms with van der Waals surface area (Å²) in [5, 5.41) is 0. The van der Waals surface area contributed by atoms with Gasteiger partial charge in [-0.25, -0.2) is 0 Å². The summed E-state index contributed by atoms with van der Waals surface area (Å²) in [7, 11) is 0. The SMILES string of the molecule is CC1CN(CC2CCCC(=O)C2)CC1C. The molecule has 1 saturated heterocycles. The van der Waals surface area contributed by atoms with Crippen LogP contribution in [0.15, 0.2) is 0 Å². The Morgan fingerprint density at radius 2 is 1.93 bits per heavy atom. The first kappa shape index (κ1) is 11.1.